The molecule has 0 aliphatic carbocycles. The molecular weight excluding hydrogens is 249 g/mol. The van der Waals surface area contributed by atoms with Gasteiger partial charge in [-0.3, -0.25) is 0 Å². The number of nitrogens with zero attached hydrogens (tertiary/aromatic N) is 1. The molecule has 1 atom stereocenters. The molecule has 0 aliphatic rings. The van der Waals surface area contributed by atoms with Gasteiger partial charge in [-0.25, -0.2) is 4.67 Å². The maximum absolute atomic E-state index is 5.93. The number of hydrogen-bond acceptors (Lipinski definition) is 4. The fourth-order valence-electron chi connectivity index (χ4n) is 1.75. The Morgan fingerprint density at radius 2 is 1.50 bits per heavy atom. The molecule has 0 heterocycles. The van der Waals surface area contributed by atoms with E-state index in [1.165, 1.54) is 0 Å². The van der Waals surface area contributed by atoms with Crippen molar-refractivity contribution in [1.82, 2.24) is 4.67 Å². The zero-order chi connectivity index (χ0) is 14.0. The van der Waals surface area contributed by atoms with Crippen LogP contribution in [0.15, 0.2) is 0 Å². The molecule has 0 rings (SSSR count). The van der Waals surface area contributed by atoms with Crippen molar-refractivity contribution >= 4 is 8.53 Å². The summed E-state index contributed by atoms with van der Waals surface area (Å²) in [5.41, 5.74) is 0. The molecule has 0 saturated heterocycles. The lowest BCUT2D eigenvalue weighted by Gasteiger charge is -2.35. The maximum Gasteiger partial charge on any atom is 0.259 e. The smallest absolute Gasteiger partial charge is 0.259 e. The van der Waals surface area contributed by atoms with Gasteiger partial charge in [0.1, 0.15) is 0 Å². The summed E-state index contributed by atoms with van der Waals surface area (Å²) in [7, 11) is 0.798. The lowest BCUT2D eigenvalue weighted by atomic mass is 10.3. The molecule has 0 aliphatic heterocycles. The number of unbranched alkanes of at least 4 members (excludes halogenated alkanes) is 1. The van der Waals surface area contributed by atoms with Gasteiger partial charge in [-0.05, 0) is 47.5 Å². The van der Waals surface area contributed by atoms with Gasteiger partial charge in [0.25, 0.3) is 8.53 Å². The lowest BCUT2D eigenvalue weighted by Crippen LogP contribution is -2.33. The van der Waals surface area contributed by atoms with Crippen LogP contribution in [0.4, 0.5) is 0 Å². The monoisotopic (exact) mass is 279 g/mol. The number of ether oxygens (including phenoxy) is 1. The average molecular weight is 279 g/mol. The van der Waals surface area contributed by atoms with E-state index < -0.39 is 8.53 Å². The van der Waals surface area contributed by atoms with E-state index in [0.29, 0.717) is 18.7 Å². The van der Waals surface area contributed by atoms with E-state index in [0.717, 1.165) is 26.1 Å². The van der Waals surface area contributed by atoms with Crippen LogP contribution in [-0.4, -0.2) is 43.7 Å². The predicted octanol–water partition coefficient (Wildman–Crippen LogP) is 3.81. The summed E-state index contributed by atoms with van der Waals surface area (Å²) in [6.07, 6.45) is 2.05. The highest BCUT2D eigenvalue weighted by molar-refractivity contribution is 7.44. The van der Waals surface area contributed by atoms with E-state index in [2.05, 4.69) is 32.4 Å². The quantitative estimate of drug-likeness (QED) is 0.425. The summed E-state index contributed by atoms with van der Waals surface area (Å²) < 4.78 is 19.0. The first kappa shape index (κ1) is 18.3. The Kier molecular flexibility index (Phi) is 11.3. The summed E-state index contributed by atoms with van der Waals surface area (Å²) in [6, 6.07) is 0.864. The van der Waals surface area contributed by atoms with Crippen LogP contribution in [0.1, 0.15) is 47.5 Å². The van der Waals surface area contributed by atoms with E-state index in [-0.39, 0.29) is 0 Å². The second-order valence-corrected chi connectivity index (χ2v) is 6.21. The van der Waals surface area contributed by atoms with Crippen LogP contribution in [0, 0.1) is 0 Å². The van der Waals surface area contributed by atoms with Crippen molar-refractivity contribution in [1.29, 1.82) is 0 Å². The minimum atomic E-state index is -0.931. The number of hydrogen-bond donors (Lipinski definition) is 0. The third kappa shape index (κ3) is 7.65. The van der Waals surface area contributed by atoms with Crippen LogP contribution in [0.3, 0.4) is 0 Å². The highest BCUT2D eigenvalue weighted by Crippen LogP contribution is 2.45. The zero-order valence-electron chi connectivity index (χ0n) is 12.8. The Balaban J connectivity index is 4.17. The first-order valence-corrected chi connectivity index (χ1v) is 8.00. The standard InChI is InChI=1S/C13H30NO3P/c1-7-16-18(14(12(2)3)13(4)5)17-11-9-8-10-15-6/h12-13H,7-11H2,1-6H3. The highest BCUT2D eigenvalue weighted by atomic mass is 31.2. The normalized spacial score (nSPS) is 13.8. The molecule has 0 aromatic heterocycles. The summed E-state index contributed by atoms with van der Waals surface area (Å²) in [5, 5.41) is 0. The van der Waals surface area contributed by atoms with Gasteiger partial charge in [0.2, 0.25) is 0 Å². The van der Waals surface area contributed by atoms with Crippen molar-refractivity contribution < 1.29 is 13.8 Å². The van der Waals surface area contributed by atoms with E-state index in [1.807, 2.05) is 6.92 Å². The molecule has 18 heavy (non-hydrogen) atoms. The Hall–Kier alpha value is 0.270. The van der Waals surface area contributed by atoms with Gasteiger partial charge in [-0.15, -0.1) is 0 Å². The highest BCUT2D eigenvalue weighted by Gasteiger charge is 2.26. The minimum absolute atomic E-state index is 0.432. The summed E-state index contributed by atoms with van der Waals surface area (Å²) in [4.78, 5) is 0. The van der Waals surface area contributed by atoms with Crippen LogP contribution in [0.25, 0.3) is 0 Å². The molecule has 0 radical (unpaired) electrons. The van der Waals surface area contributed by atoms with Crippen molar-refractivity contribution in [2.24, 2.45) is 0 Å². The summed E-state index contributed by atoms with van der Waals surface area (Å²) in [6.45, 7) is 13.0. The largest absolute Gasteiger partial charge is 0.385 e. The molecule has 4 nitrogen and oxygen atoms in total. The minimum Gasteiger partial charge on any atom is -0.385 e. The van der Waals surface area contributed by atoms with Crippen LogP contribution in [0.5, 0.6) is 0 Å². The van der Waals surface area contributed by atoms with Crippen LogP contribution >= 0.6 is 8.53 Å². The molecule has 0 spiro atoms. The van der Waals surface area contributed by atoms with Crippen molar-refractivity contribution in [2.75, 3.05) is 26.9 Å². The molecule has 0 fully saturated rings. The van der Waals surface area contributed by atoms with Gasteiger partial charge in [-0.2, -0.15) is 0 Å². The van der Waals surface area contributed by atoms with Gasteiger partial charge in [0.05, 0.1) is 13.2 Å². The third-order valence-electron chi connectivity index (χ3n) is 2.43. The Morgan fingerprint density at radius 1 is 0.944 bits per heavy atom. The van der Waals surface area contributed by atoms with Gasteiger partial charge in [0.15, 0.2) is 0 Å². The van der Waals surface area contributed by atoms with Crippen molar-refractivity contribution in [3.05, 3.63) is 0 Å². The Bertz CT molecular complexity index is 183. The molecule has 1 unspecified atom stereocenters. The van der Waals surface area contributed by atoms with E-state index in [4.69, 9.17) is 13.8 Å². The van der Waals surface area contributed by atoms with Crippen LogP contribution in [-0.2, 0) is 13.8 Å². The van der Waals surface area contributed by atoms with Crippen LogP contribution in [0.2, 0.25) is 0 Å². The second kappa shape index (κ2) is 11.1. The average Bonchev–Trinajstić information content (AvgIpc) is 2.27. The maximum atomic E-state index is 5.93. The van der Waals surface area contributed by atoms with Gasteiger partial charge in [-0.1, -0.05) is 0 Å². The van der Waals surface area contributed by atoms with Crippen molar-refractivity contribution in [2.45, 2.75) is 59.5 Å². The predicted molar refractivity (Wildman–Crippen MR) is 77.7 cm³/mol. The summed E-state index contributed by atoms with van der Waals surface area (Å²) >= 11 is 0. The molecule has 0 N–H and O–H groups in total. The fourth-order valence-corrected chi connectivity index (χ4v) is 3.35. The van der Waals surface area contributed by atoms with Gasteiger partial charge >= 0.3 is 0 Å². The van der Waals surface area contributed by atoms with Gasteiger partial charge in [0, 0.05) is 25.8 Å². The van der Waals surface area contributed by atoms with Crippen molar-refractivity contribution in [3.8, 4) is 0 Å². The first-order valence-electron chi connectivity index (χ1n) is 6.87. The Labute approximate surface area is 114 Å². The molecule has 0 bridgehead atoms. The number of rotatable bonds is 11. The molecule has 5 heteroatoms. The molecule has 0 aromatic carbocycles. The Morgan fingerprint density at radius 3 is 1.94 bits per heavy atom. The molecule has 0 saturated carbocycles. The lowest BCUT2D eigenvalue weighted by molar-refractivity contribution is 0.162. The van der Waals surface area contributed by atoms with E-state index in [9.17, 15) is 0 Å². The topological polar surface area (TPSA) is 30.9 Å². The number of methoxy groups -OCH3 is 1. The molecule has 0 aromatic rings. The van der Waals surface area contributed by atoms with Gasteiger partial charge < -0.3 is 13.8 Å². The van der Waals surface area contributed by atoms with Crippen LogP contribution < -0.4 is 0 Å². The first-order chi connectivity index (χ1) is 8.54. The molecular formula is C13H30NO3P. The molecule has 110 valence electrons. The summed E-state index contributed by atoms with van der Waals surface area (Å²) in [5.74, 6) is 0. The zero-order valence-corrected chi connectivity index (χ0v) is 13.7. The fraction of sp³-hybridized carbons (Fsp3) is 1.00. The second-order valence-electron chi connectivity index (χ2n) is 4.76. The molecule has 0 amide bonds. The third-order valence-corrected chi connectivity index (χ3v) is 4.61. The van der Waals surface area contributed by atoms with E-state index in [1.54, 1.807) is 7.11 Å². The SMILES string of the molecule is CCOP(OCCCCOC)N(C(C)C)C(C)C. The van der Waals surface area contributed by atoms with E-state index >= 15 is 0 Å². The van der Waals surface area contributed by atoms with Crippen molar-refractivity contribution in [3.63, 3.8) is 0 Å².